The molecule has 0 aromatic heterocycles. The summed E-state index contributed by atoms with van der Waals surface area (Å²) in [6.07, 6.45) is -1.46. The first-order valence-electron chi connectivity index (χ1n) is 12.3. The van der Waals surface area contributed by atoms with Crippen molar-refractivity contribution in [2.75, 3.05) is 5.75 Å². The third-order valence-corrected chi connectivity index (χ3v) is 10.3. The molecule has 4 atom stereocenters. The number of hydrogen-bond acceptors (Lipinski definition) is 5. The number of aliphatic carboxylic acids is 1. The van der Waals surface area contributed by atoms with Gasteiger partial charge in [-0.15, -0.1) is 0 Å². The number of carbonyl (C=O) groups is 2. The van der Waals surface area contributed by atoms with Gasteiger partial charge in [0.25, 0.3) is 5.91 Å². The van der Waals surface area contributed by atoms with Crippen LogP contribution in [0.2, 0.25) is 10.0 Å². The zero-order valence-corrected chi connectivity index (χ0v) is 23.6. The Morgan fingerprint density at radius 3 is 2.26 bits per heavy atom. The van der Waals surface area contributed by atoms with Crippen LogP contribution >= 0.6 is 23.2 Å². The van der Waals surface area contributed by atoms with Gasteiger partial charge in [-0.2, -0.15) is 0 Å². The number of amides is 1. The molecule has 1 N–H and O–H groups in total. The maximum atomic E-state index is 14.1. The molecular weight excluding hydrogens is 556 g/mol. The second kappa shape index (κ2) is 10.8. The van der Waals surface area contributed by atoms with Crippen LogP contribution in [-0.2, 0) is 24.2 Å². The quantitative estimate of drug-likeness (QED) is 0.432. The van der Waals surface area contributed by atoms with Crippen molar-refractivity contribution < 1.29 is 32.2 Å². The van der Waals surface area contributed by atoms with E-state index in [1.807, 2.05) is 0 Å². The fourth-order valence-electron chi connectivity index (χ4n) is 4.77. The highest BCUT2D eigenvalue weighted by Crippen LogP contribution is 2.48. The summed E-state index contributed by atoms with van der Waals surface area (Å²) in [5, 5.41) is 9.84. The van der Waals surface area contributed by atoms with Crippen LogP contribution in [0, 0.1) is 11.7 Å². The molecule has 1 heterocycles. The molecule has 0 bridgehead atoms. The van der Waals surface area contributed by atoms with Crippen molar-refractivity contribution in [2.45, 2.75) is 69.1 Å². The third kappa shape index (κ3) is 6.01. The van der Waals surface area contributed by atoms with Gasteiger partial charge >= 0.3 is 5.97 Å². The van der Waals surface area contributed by atoms with Crippen molar-refractivity contribution in [3.05, 3.63) is 69.5 Å². The zero-order valence-electron chi connectivity index (χ0n) is 21.2. The fraction of sp³-hybridized carbons (Fsp3) is 0.481. The van der Waals surface area contributed by atoms with E-state index in [1.165, 1.54) is 23.1 Å². The number of ether oxygens (including phenoxy) is 1. The minimum absolute atomic E-state index is 0.0769. The van der Waals surface area contributed by atoms with Gasteiger partial charge in [-0.3, -0.25) is 9.59 Å². The highest BCUT2D eigenvalue weighted by molar-refractivity contribution is 7.92. The second-order valence-electron chi connectivity index (χ2n) is 10.9. The lowest BCUT2D eigenvalue weighted by Gasteiger charge is -2.48. The van der Waals surface area contributed by atoms with Crippen LogP contribution in [0.4, 0.5) is 4.39 Å². The van der Waals surface area contributed by atoms with Crippen LogP contribution in [0.15, 0.2) is 42.5 Å². The molecule has 38 heavy (non-hydrogen) atoms. The van der Waals surface area contributed by atoms with Gasteiger partial charge in [0.15, 0.2) is 9.84 Å². The molecule has 0 unspecified atom stereocenters. The smallest absolute Gasteiger partial charge is 0.306 e. The Morgan fingerprint density at radius 1 is 1.13 bits per heavy atom. The van der Waals surface area contributed by atoms with Gasteiger partial charge in [-0.25, -0.2) is 12.8 Å². The number of rotatable bonds is 8. The van der Waals surface area contributed by atoms with Gasteiger partial charge in [-0.1, -0.05) is 41.4 Å². The van der Waals surface area contributed by atoms with E-state index < -0.39 is 63.0 Å². The van der Waals surface area contributed by atoms with E-state index in [9.17, 15) is 27.5 Å². The molecule has 206 valence electrons. The molecule has 1 saturated heterocycles. The normalized spacial score (nSPS) is 23.4. The summed E-state index contributed by atoms with van der Waals surface area (Å²) >= 11 is 12.2. The minimum Gasteiger partial charge on any atom is -0.481 e. The summed E-state index contributed by atoms with van der Waals surface area (Å²) < 4.78 is 45.9. The molecule has 1 saturated carbocycles. The Morgan fingerprint density at radius 2 is 1.74 bits per heavy atom. The number of carbonyl (C=O) groups excluding carboxylic acids is 1. The van der Waals surface area contributed by atoms with Crippen LogP contribution in [-0.4, -0.2) is 52.9 Å². The highest BCUT2D eigenvalue weighted by atomic mass is 35.5. The van der Waals surface area contributed by atoms with Gasteiger partial charge < -0.3 is 14.7 Å². The van der Waals surface area contributed by atoms with Gasteiger partial charge in [0, 0.05) is 11.1 Å². The van der Waals surface area contributed by atoms with Crippen molar-refractivity contribution in [2.24, 2.45) is 5.92 Å². The predicted octanol–water partition coefficient (Wildman–Crippen LogP) is 5.61. The zero-order chi connectivity index (χ0) is 28.0. The number of morpholine rings is 1. The molecule has 4 rings (SSSR count). The van der Waals surface area contributed by atoms with E-state index in [1.54, 1.807) is 45.0 Å². The molecule has 11 heteroatoms. The largest absolute Gasteiger partial charge is 0.481 e. The first kappa shape index (κ1) is 28.8. The van der Waals surface area contributed by atoms with E-state index in [0.717, 1.165) is 12.8 Å². The molecule has 7 nitrogen and oxygen atoms in total. The molecule has 1 amide bonds. The Kier molecular flexibility index (Phi) is 8.15. The Bertz CT molecular complexity index is 1320. The van der Waals surface area contributed by atoms with Crippen molar-refractivity contribution in [1.29, 1.82) is 0 Å². The first-order chi connectivity index (χ1) is 17.7. The molecule has 2 aliphatic rings. The molecular formula is C27H30Cl2FNO6S. The number of halogens is 3. The number of hydrogen-bond donors (Lipinski definition) is 1. The topological polar surface area (TPSA) is 101 Å². The number of sulfone groups is 1. The van der Waals surface area contributed by atoms with Crippen LogP contribution in [0.1, 0.15) is 63.3 Å². The summed E-state index contributed by atoms with van der Waals surface area (Å²) in [6, 6.07) is 9.20. The van der Waals surface area contributed by atoms with E-state index in [0.29, 0.717) is 16.1 Å². The first-order valence-corrected chi connectivity index (χ1v) is 14.7. The van der Waals surface area contributed by atoms with Crippen molar-refractivity contribution in [1.82, 2.24) is 4.90 Å². The molecule has 1 aliphatic carbocycles. The number of carboxylic acid groups (broad SMARTS) is 1. The van der Waals surface area contributed by atoms with Crippen molar-refractivity contribution in [3.63, 3.8) is 0 Å². The Balaban J connectivity index is 1.90. The number of nitrogens with zero attached hydrogens (tertiary/aromatic N) is 1. The molecule has 0 spiro atoms. The van der Waals surface area contributed by atoms with Crippen LogP contribution < -0.4 is 0 Å². The monoisotopic (exact) mass is 585 g/mol. The number of benzene rings is 2. The Hall–Kier alpha value is -2.20. The highest BCUT2D eigenvalue weighted by Gasteiger charge is 2.52. The predicted molar refractivity (Wildman–Crippen MR) is 142 cm³/mol. The van der Waals surface area contributed by atoms with Gasteiger partial charge in [0.2, 0.25) is 0 Å². The number of carboxylic acids is 1. The summed E-state index contributed by atoms with van der Waals surface area (Å²) in [5.41, 5.74) is 1.04. The second-order valence-corrected chi connectivity index (χ2v) is 14.5. The average Bonchev–Trinajstić information content (AvgIpc) is 3.66. The minimum atomic E-state index is -3.66. The molecule has 0 radical (unpaired) electrons. The van der Waals surface area contributed by atoms with Gasteiger partial charge in [0.1, 0.15) is 18.0 Å². The van der Waals surface area contributed by atoms with Crippen LogP contribution in [0.25, 0.3) is 0 Å². The van der Waals surface area contributed by atoms with E-state index in [-0.39, 0.29) is 16.7 Å². The SMILES string of the molecule is CC(C)(C)S(=O)(=O)C[C@H](C1CC1)N1C(=O)[C@@H](CC(=O)O)O[C@H](c2ccc(F)c(Cl)c2)[C@H]1c1ccc(Cl)cc1. The van der Waals surface area contributed by atoms with E-state index in [2.05, 4.69) is 0 Å². The lowest BCUT2D eigenvalue weighted by Crippen LogP contribution is -2.58. The van der Waals surface area contributed by atoms with Gasteiger partial charge in [-0.05, 0) is 74.9 Å². The van der Waals surface area contributed by atoms with E-state index in [4.69, 9.17) is 27.9 Å². The summed E-state index contributed by atoms with van der Waals surface area (Å²) in [4.78, 5) is 27.1. The average molecular weight is 587 g/mol. The lowest BCUT2D eigenvalue weighted by molar-refractivity contribution is -0.183. The molecule has 2 aromatic carbocycles. The summed E-state index contributed by atoms with van der Waals surface area (Å²) in [5.74, 6) is -2.84. The fourth-order valence-corrected chi connectivity index (χ4v) is 6.46. The third-order valence-electron chi connectivity index (χ3n) is 7.12. The molecule has 2 aromatic rings. The maximum Gasteiger partial charge on any atom is 0.306 e. The van der Waals surface area contributed by atoms with Crippen molar-refractivity contribution in [3.8, 4) is 0 Å². The Labute approximate surface area is 231 Å². The standard InChI is InChI=1S/C27H30Cl2FNO6S/c1-27(2,3)38(35,36)14-21(15-4-5-15)31-24(16-6-9-18(28)10-7-16)25(17-8-11-20(30)19(29)12-17)37-22(26(31)34)13-23(32)33/h6-12,15,21-22,24-25H,4-5,13-14H2,1-3H3,(H,32,33)/t21-,22-,24-,25-/m1/s1. The lowest BCUT2D eigenvalue weighted by atomic mass is 9.89. The van der Waals surface area contributed by atoms with Crippen molar-refractivity contribution >= 4 is 44.9 Å². The van der Waals surface area contributed by atoms with E-state index >= 15 is 0 Å². The van der Waals surface area contributed by atoms with Crippen LogP contribution in [0.5, 0.6) is 0 Å². The van der Waals surface area contributed by atoms with Gasteiger partial charge in [0.05, 0.1) is 28.0 Å². The molecule has 2 fully saturated rings. The van der Waals surface area contributed by atoms with Crippen LogP contribution in [0.3, 0.4) is 0 Å². The maximum absolute atomic E-state index is 14.1. The molecule has 1 aliphatic heterocycles. The summed E-state index contributed by atoms with van der Waals surface area (Å²) in [6.45, 7) is 4.84. The summed E-state index contributed by atoms with van der Waals surface area (Å²) in [7, 11) is -3.66.